The molecule has 3 nitrogen and oxygen atoms in total. The van der Waals surface area contributed by atoms with Gasteiger partial charge in [0.2, 0.25) is 0 Å². The van der Waals surface area contributed by atoms with E-state index in [1.54, 1.807) is 7.11 Å². The van der Waals surface area contributed by atoms with Crippen molar-refractivity contribution in [3.63, 3.8) is 0 Å². The number of benzene rings is 1. The molecule has 1 aromatic rings. The zero-order chi connectivity index (χ0) is 14.3. The van der Waals surface area contributed by atoms with Crippen LogP contribution in [0.5, 0.6) is 5.75 Å². The van der Waals surface area contributed by atoms with E-state index in [4.69, 9.17) is 21.1 Å². The van der Waals surface area contributed by atoms with E-state index >= 15 is 0 Å². The van der Waals surface area contributed by atoms with Crippen LogP contribution in [-0.2, 0) is 10.2 Å². The van der Waals surface area contributed by atoms with Gasteiger partial charge >= 0.3 is 0 Å². The highest BCUT2D eigenvalue weighted by molar-refractivity contribution is 6.30. The van der Waals surface area contributed by atoms with Gasteiger partial charge in [-0.1, -0.05) is 32.4 Å². The van der Waals surface area contributed by atoms with Crippen molar-refractivity contribution in [2.75, 3.05) is 33.4 Å². The maximum Gasteiger partial charge on any atom is 0.123 e. The largest absolute Gasteiger partial charge is 0.492 e. The highest BCUT2D eigenvalue weighted by Gasteiger charge is 2.19. The minimum Gasteiger partial charge on any atom is -0.492 e. The van der Waals surface area contributed by atoms with Gasteiger partial charge in [-0.3, -0.25) is 0 Å². The lowest BCUT2D eigenvalue weighted by Gasteiger charge is -2.23. The smallest absolute Gasteiger partial charge is 0.123 e. The van der Waals surface area contributed by atoms with Gasteiger partial charge in [-0.05, 0) is 23.6 Å². The predicted molar refractivity (Wildman–Crippen MR) is 80.4 cm³/mol. The Morgan fingerprint density at radius 3 is 2.47 bits per heavy atom. The van der Waals surface area contributed by atoms with Crippen molar-refractivity contribution < 1.29 is 9.47 Å². The van der Waals surface area contributed by atoms with E-state index in [1.165, 1.54) is 0 Å². The molecule has 0 heterocycles. The molecule has 0 spiro atoms. The van der Waals surface area contributed by atoms with Crippen LogP contribution in [0.3, 0.4) is 0 Å². The lowest BCUT2D eigenvalue weighted by molar-refractivity contribution is 0.196. The Hall–Kier alpha value is -0.770. The number of ether oxygens (including phenoxy) is 2. The van der Waals surface area contributed by atoms with Crippen molar-refractivity contribution in [1.29, 1.82) is 0 Å². The average molecular weight is 286 g/mol. The summed E-state index contributed by atoms with van der Waals surface area (Å²) < 4.78 is 10.8. The van der Waals surface area contributed by atoms with E-state index in [0.29, 0.717) is 13.2 Å². The summed E-state index contributed by atoms with van der Waals surface area (Å²) in [4.78, 5) is 0. The van der Waals surface area contributed by atoms with Crippen molar-refractivity contribution in [2.45, 2.75) is 26.2 Å². The van der Waals surface area contributed by atoms with Crippen LogP contribution in [-0.4, -0.2) is 33.4 Å². The topological polar surface area (TPSA) is 30.5 Å². The first-order chi connectivity index (χ1) is 8.95. The van der Waals surface area contributed by atoms with Gasteiger partial charge in [-0.15, -0.1) is 0 Å². The molecule has 0 amide bonds. The van der Waals surface area contributed by atoms with Crippen LogP contribution >= 0.6 is 11.6 Å². The molecule has 19 heavy (non-hydrogen) atoms. The maximum absolute atomic E-state index is 6.06. The van der Waals surface area contributed by atoms with Crippen molar-refractivity contribution in [3.05, 3.63) is 28.8 Å². The fourth-order valence-corrected chi connectivity index (χ4v) is 1.92. The summed E-state index contributed by atoms with van der Waals surface area (Å²) >= 11 is 6.06. The Bertz CT molecular complexity index is 388. The average Bonchev–Trinajstić information content (AvgIpc) is 2.34. The number of nitrogens with one attached hydrogen (secondary N) is 1. The minimum absolute atomic E-state index is 0.0176. The van der Waals surface area contributed by atoms with Crippen LogP contribution in [0, 0.1) is 0 Å². The van der Waals surface area contributed by atoms with E-state index < -0.39 is 0 Å². The summed E-state index contributed by atoms with van der Waals surface area (Å²) in [7, 11) is 1.70. The monoisotopic (exact) mass is 285 g/mol. The summed E-state index contributed by atoms with van der Waals surface area (Å²) in [6.45, 7) is 9.46. The molecule has 1 aromatic carbocycles. The molecule has 1 N–H and O–H groups in total. The number of hydrogen-bond donors (Lipinski definition) is 1. The van der Waals surface area contributed by atoms with E-state index in [9.17, 15) is 0 Å². The van der Waals surface area contributed by atoms with Crippen molar-refractivity contribution in [1.82, 2.24) is 5.32 Å². The van der Waals surface area contributed by atoms with Crippen LogP contribution in [0.2, 0.25) is 5.02 Å². The van der Waals surface area contributed by atoms with Crippen LogP contribution in [0.15, 0.2) is 18.2 Å². The lowest BCUT2D eigenvalue weighted by Crippen LogP contribution is -2.25. The number of rotatable bonds is 7. The summed E-state index contributed by atoms with van der Waals surface area (Å²) in [5, 5.41) is 4.00. The van der Waals surface area contributed by atoms with Gasteiger partial charge in [0.05, 0.1) is 6.61 Å². The lowest BCUT2D eigenvalue weighted by atomic mass is 9.86. The van der Waals surface area contributed by atoms with Crippen LogP contribution in [0.25, 0.3) is 0 Å². The molecule has 0 aromatic heterocycles. The molecule has 0 aliphatic heterocycles. The third-order valence-electron chi connectivity index (χ3n) is 2.77. The first-order valence-corrected chi connectivity index (χ1v) is 6.95. The first kappa shape index (κ1) is 16.3. The second-order valence-corrected chi connectivity index (χ2v) is 5.92. The molecule has 0 saturated carbocycles. The predicted octanol–water partition coefficient (Wildman–Crippen LogP) is 3.25. The molecule has 0 fully saturated rings. The fraction of sp³-hybridized carbons (Fsp3) is 0.600. The van der Waals surface area contributed by atoms with E-state index in [1.807, 2.05) is 18.2 Å². The van der Waals surface area contributed by atoms with Gasteiger partial charge in [0.15, 0.2) is 0 Å². The second-order valence-electron chi connectivity index (χ2n) is 5.48. The third kappa shape index (κ3) is 5.81. The minimum atomic E-state index is 0.0176. The van der Waals surface area contributed by atoms with Gasteiger partial charge in [0.1, 0.15) is 12.4 Å². The van der Waals surface area contributed by atoms with Gasteiger partial charge in [0.25, 0.3) is 0 Å². The van der Waals surface area contributed by atoms with Crippen molar-refractivity contribution in [2.24, 2.45) is 0 Å². The van der Waals surface area contributed by atoms with E-state index in [-0.39, 0.29) is 5.41 Å². The highest BCUT2D eigenvalue weighted by atomic mass is 35.5. The molecule has 0 radical (unpaired) electrons. The molecule has 1 rings (SSSR count). The SMILES string of the molecule is COCCNCCOc1ccc(Cl)cc1C(C)(C)C. The normalized spacial score (nSPS) is 11.6. The molecule has 0 bridgehead atoms. The quantitative estimate of drug-likeness (QED) is 0.780. The Morgan fingerprint density at radius 1 is 1.16 bits per heavy atom. The molecule has 0 saturated heterocycles. The Morgan fingerprint density at radius 2 is 1.84 bits per heavy atom. The first-order valence-electron chi connectivity index (χ1n) is 6.57. The Balaban J connectivity index is 2.54. The molecule has 108 valence electrons. The number of hydrogen-bond acceptors (Lipinski definition) is 3. The van der Waals surface area contributed by atoms with Crippen LogP contribution < -0.4 is 10.1 Å². The number of halogens is 1. The summed E-state index contributed by atoms with van der Waals surface area (Å²) in [6, 6.07) is 5.79. The summed E-state index contributed by atoms with van der Waals surface area (Å²) in [6.07, 6.45) is 0. The molecular formula is C15H24ClNO2. The van der Waals surface area contributed by atoms with Gasteiger partial charge in [0, 0.05) is 30.8 Å². The van der Waals surface area contributed by atoms with Gasteiger partial charge < -0.3 is 14.8 Å². The fourth-order valence-electron chi connectivity index (χ4n) is 1.75. The summed E-state index contributed by atoms with van der Waals surface area (Å²) in [5.74, 6) is 0.908. The van der Waals surface area contributed by atoms with E-state index in [2.05, 4.69) is 26.1 Å². The van der Waals surface area contributed by atoms with Crippen molar-refractivity contribution in [3.8, 4) is 5.75 Å². The van der Waals surface area contributed by atoms with Crippen LogP contribution in [0.4, 0.5) is 0 Å². The zero-order valence-electron chi connectivity index (χ0n) is 12.3. The summed E-state index contributed by atoms with van der Waals surface area (Å²) in [5.41, 5.74) is 1.15. The van der Waals surface area contributed by atoms with Gasteiger partial charge in [-0.25, -0.2) is 0 Å². The molecule has 0 aliphatic rings. The maximum atomic E-state index is 6.06. The zero-order valence-corrected chi connectivity index (χ0v) is 13.0. The van der Waals surface area contributed by atoms with E-state index in [0.717, 1.165) is 29.4 Å². The Kier molecular flexibility index (Phi) is 6.63. The molecule has 0 aliphatic carbocycles. The molecular weight excluding hydrogens is 262 g/mol. The highest BCUT2D eigenvalue weighted by Crippen LogP contribution is 2.33. The third-order valence-corrected chi connectivity index (χ3v) is 3.00. The molecule has 0 atom stereocenters. The van der Waals surface area contributed by atoms with Crippen molar-refractivity contribution >= 4 is 11.6 Å². The second kappa shape index (κ2) is 7.73. The van der Waals surface area contributed by atoms with Crippen LogP contribution in [0.1, 0.15) is 26.3 Å². The molecule has 0 unspecified atom stereocenters. The van der Waals surface area contributed by atoms with Gasteiger partial charge in [-0.2, -0.15) is 0 Å². The number of methoxy groups -OCH3 is 1. The standard InChI is InChI=1S/C15H24ClNO2/c1-15(2,3)13-11-12(16)5-6-14(13)19-10-8-17-7-9-18-4/h5-6,11,17H,7-10H2,1-4H3. The Labute approximate surface area is 121 Å². The molecule has 4 heteroatoms.